The van der Waals surface area contributed by atoms with E-state index in [0.717, 1.165) is 25.1 Å². The van der Waals surface area contributed by atoms with Crippen LogP contribution in [-0.2, 0) is 14.8 Å². The van der Waals surface area contributed by atoms with Crippen molar-refractivity contribution in [3.8, 4) is 0 Å². The molecule has 1 unspecified atom stereocenters. The van der Waals surface area contributed by atoms with Gasteiger partial charge >= 0.3 is 0 Å². The van der Waals surface area contributed by atoms with Gasteiger partial charge in [-0.15, -0.1) is 0 Å². The van der Waals surface area contributed by atoms with Crippen LogP contribution in [0.15, 0.2) is 59.5 Å². The number of rotatable bonds is 7. The van der Waals surface area contributed by atoms with Gasteiger partial charge in [-0.2, -0.15) is 0 Å². The molecule has 2 aromatic carbocycles. The Balaban J connectivity index is 1.51. The molecule has 1 aliphatic heterocycles. The molecule has 8 heteroatoms. The SMILES string of the molecule is O=C(CNS(=O)(=O)c1cccc(Cl)c1)NCC1CCCN1c1ccccc1. The Morgan fingerprint density at radius 3 is 2.67 bits per heavy atom. The second-order valence-electron chi connectivity index (χ2n) is 6.41. The van der Waals surface area contributed by atoms with Crippen LogP contribution >= 0.6 is 11.6 Å². The van der Waals surface area contributed by atoms with Gasteiger partial charge in [0.25, 0.3) is 0 Å². The van der Waals surface area contributed by atoms with E-state index in [0.29, 0.717) is 11.6 Å². The highest BCUT2D eigenvalue weighted by atomic mass is 35.5. The largest absolute Gasteiger partial charge is 0.367 e. The number of amides is 1. The summed E-state index contributed by atoms with van der Waals surface area (Å²) in [6.45, 7) is 1.12. The first kappa shape index (κ1) is 19.7. The van der Waals surface area contributed by atoms with Crippen LogP contribution in [0.2, 0.25) is 5.02 Å². The Hall–Kier alpha value is -2.09. The third-order valence-electron chi connectivity index (χ3n) is 4.53. The zero-order chi connectivity index (χ0) is 19.3. The number of hydrogen-bond donors (Lipinski definition) is 2. The molecule has 1 fully saturated rings. The molecule has 1 saturated heterocycles. The molecule has 2 N–H and O–H groups in total. The van der Waals surface area contributed by atoms with Crippen molar-refractivity contribution >= 4 is 33.2 Å². The van der Waals surface area contributed by atoms with Gasteiger partial charge in [0.05, 0.1) is 11.4 Å². The van der Waals surface area contributed by atoms with Crippen LogP contribution in [0.3, 0.4) is 0 Å². The maximum absolute atomic E-state index is 12.2. The van der Waals surface area contributed by atoms with Crippen molar-refractivity contribution in [2.45, 2.75) is 23.8 Å². The van der Waals surface area contributed by atoms with Crippen molar-refractivity contribution in [2.24, 2.45) is 0 Å². The summed E-state index contributed by atoms with van der Waals surface area (Å²) in [5.74, 6) is -0.361. The maximum Gasteiger partial charge on any atom is 0.241 e. The van der Waals surface area contributed by atoms with Crippen LogP contribution < -0.4 is 14.9 Å². The molecule has 1 aliphatic rings. The smallest absolute Gasteiger partial charge is 0.241 e. The lowest BCUT2D eigenvalue weighted by Gasteiger charge is -2.27. The van der Waals surface area contributed by atoms with Gasteiger partial charge in [-0.25, -0.2) is 13.1 Å². The number of para-hydroxylation sites is 1. The van der Waals surface area contributed by atoms with E-state index in [-0.39, 0.29) is 23.4 Å². The number of hydrogen-bond acceptors (Lipinski definition) is 4. The molecule has 0 aliphatic carbocycles. The number of halogens is 1. The first-order chi connectivity index (χ1) is 13.0. The fraction of sp³-hybridized carbons (Fsp3) is 0.316. The van der Waals surface area contributed by atoms with Crippen LogP contribution in [0, 0.1) is 0 Å². The quantitative estimate of drug-likeness (QED) is 0.738. The standard InChI is InChI=1S/C19H22ClN3O3S/c20-15-6-4-10-18(12-15)27(25,26)22-14-19(24)21-13-17-9-5-11-23(17)16-7-2-1-3-8-16/h1-4,6-8,10,12,17,22H,5,9,11,13-14H2,(H,21,24). The van der Waals surface area contributed by atoms with Gasteiger partial charge < -0.3 is 10.2 Å². The van der Waals surface area contributed by atoms with E-state index in [4.69, 9.17) is 11.6 Å². The molecular weight excluding hydrogens is 386 g/mol. The van der Waals surface area contributed by atoms with E-state index in [9.17, 15) is 13.2 Å². The van der Waals surface area contributed by atoms with Crippen LogP contribution in [0.25, 0.3) is 0 Å². The highest BCUT2D eigenvalue weighted by Crippen LogP contribution is 2.24. The first-order valence-corrected chi connectivity index (χ1v) is 10.7. The van der Waals surface area contributed by atoms with Crippen LogP contribution in [0.5, 0.6) is 0 Å². The summed E-state index contributed by atoms with van der Waals surface area (Å²) in [4.78, 5) is 14.4. The van der Waals surface area contributed by atoms with Crippen molar-refractivity contribution in [1.29, 1.82) is 0 Å². The third kappa shape index (κ3) is 5.22. The highest BCUT2D eigenvalue weighted by molar-refractivity contribution is 7.89. The summed E-state index contributed by atoms with van der Waals surface area (Å²) in [5.41, 5.74) is 1.14. The number of nitrogens with one attached hydrogen (secondary N) is 2. The molecule has 0 bridgehead atoms. The van der Waals surface area contributed by atoms with Gasteiger partial charge in [0.15, 0.2) is 0 Å². The van der Waals surface area contributed by atoms with E-state index in [1.165, 1.54) is 12.1 Å². The van der Waals surface area contributed by atoms with Crippen molar-refractivity contribution < 1.29 is 13.2 Å². The molecule has 0 aromatic heterocycles. The molecule has 144 valence electrons. The van der Waals surface area contributed by atoms with Gasteiger partial charge in [-0.1, -0.05) is 35.9 Å². The summed E-state index contributed by atoms with van der Waals surface area (Å²) >= 11 is 5.82. The lowest BCUT2D eigenvalue weighted by atomic mass is 10.2. The second-order valence-corrected chi connectivity index (χ2v) is 8.61. The number of anilines is 1. The zero-order valence-corrected chi connectivity index (χ0v) is 16.3. The Bertz CT molecular complexity index is 890. The number of carbonyl (C=O) groups is 1. The van der Waals surface area contributed by atoms with E-state index in [2.05, 4.69) is 27.1 Å². The van der Waals surface area contributed by atoms with E-state index >= 15 is 0 Å². The maximum atomic E-state index is 12.2. The number of carbonyl (C=O) groups excluding carboxylic acids is 1. The molecule has 0 radical (unpaired) electrons. The molecule has 1 atom stereocenters. The number of benzene rings is 2. The first-order valence-electron chi connectivity index (χ1n) is 8.79. The summed E-state index contributed by atoms with van der Waals surface area (Å²) in [6.07, 6.45) is 2.06. The van der Waals surface area contributed by atoms with E-state index in [1.807, 2.05) is 18.2 Å². The Morgan fingerprint density at radius 1 is 1.15 bits per heavy atom. The fourth-order valence-corrected chi connectivity index (χ4v) is 4.46. The summed E-state index contributed by atoms with van der Waals surface area (Å²) in [6, 6.07) is 16.2. The van der Waals surface area contributed by atoms with Crippen molar-refractivity contribution in [2.75, 3.05) is 24.5 Å². The Kier molecular flexibility index (Phi) is 6.36. The molecule has 1 amide bonds. The van der Waals surface area contributed by atoms with E-state index in [1.54, 1.807) is 12.1 Å². The molecule has 2 aromatic rings. The fourth-order valence-electron chi connectivity index (χ4n) is 3.18. The molecule has 0 saturated carbocycles. The topological polar surface area (TPSA) is 78.5 Å². The monoisotopic (exact) mass is 407 g/mol. The van der Waals surface area contributed by atoms with Crippen LogP contribution in [-0.4, -0.2) is 40.0 Å². The average Bonchev–Trinajstić information content (AvgIpc) is 3.14. The molecule has 27 heavy (non-hydrogen) atoms. The van der Waals surface area contributed by atoms with Gasteiger partial charge in [-0.05, 0) is 43.2 Å². The molecular formula is C19H22ClN3O3S. The van der Waals surface area contributed by atoms with Crippen LogP contribution in [0.4, 0.5) is 5.69 Å². The summed E-state index contributed by atoms with van der Waals surface area (Å²) in [7, 11) is -3.77. The van der Waals surface area contributed by atoms with E-state index < -0.39 is 10.0 Å². The van der Waals surface area contributed by atoms with Crippen molar-refractivity contribution in [1.82, 2.24) is 10.0 Å². The minimum absolute atomic E-state index is 0.0360. The minimum atomic E-state index is -3.77. The second kappa shape index (κ2) is 8.73. The van der Waals surface area contributed by atoms with Gasteiger partial charge in [0, 0.05) is 29.8 Å². The average molecular weight is 408 g/mol. The highest BCUT2D eigenvalue weighted by Gasteiger charge is 2.25. The van der Waals surface area contributed by atoms with Crippen molar-refractivity contribution in [3.63, 3.8) is 0 Å². The molecule has 6 nitrogen and oxygen atoms in total. The molecule has 3 rings (SSSR count). The predicted molar refractivity (Wildman–Crippen MR) is 106 cm³/mol. The lowest BCUT2D eigenvalue weighted by molar-refractivity contribution is -0.120. The lowest BCUT2D eigenvalue weighted by Crippen LogP contribution is -2.43. The number of sulfonamides is 1. The van der Waals surface area contributed by atoms with Crippen molar-refractivity contribution in [3.05, 3.63) is 59.6 Å². The summed E-state index contributed by atoms with van der Waals surface area (Å²) < 4.78 is 26.8. The van der Waals surface area contributed by atoms with Crippen LogP contribution in [0.1, 0.15) is 12.8 Å². The third-order valence-corrected chi connectivity index (χ3v) is 6.16. The minimum Gasteiger partial charge on any atom is -0.367 e. The summed E-state index contributed by atoms with van der Waals surface area (Å²) in [5, 5.41) is 3.15. The van der Waals surface area contributed by atoms with Gasteiger partial charge in [0.1, 0.15) is 0 Å². The normalized spacial score (nSPS) is 17.1. The molecule has 0 spiro atoms. The Morgan fingerprint density at radius 2 is 1.93 bits per heavy atom. The number of nitrogens with zero attached hydrogens (tertiary/aromatic N) is 1. The Labute approximate surface area is 164 Å². The van der Waals surface area contributed by atoms with Gasteiger partial charge in [0.2, 0.25) is 15.9 Å². The zero-order valence-electron chi connectivity index (χ0n) is 14.8. The van der Waals surface area contributed by atoms with Gasteiger partial charge in [-0.3, -0.25) is 4.79 Å². The predicted octanol–water partition coefficient (Wildman–Crippen LogP) is 2.40. The molecule has 1 heterocycles.